The Labute approximate surface area is 135 Å². The average Bonchev–Trinajstić information content (AvgIpc) is 3.12. The maximum atomic E-state index is 12.5. The van der Waals surface area contributed by atoms with Gasteiger partial charge in [-0.05, 0) is 37.5 Å². The summed E-state index contributed by atoms with van der Waals surface area (Å²) in [6.45, 7) is 2.43. The van der Waals surface area contributed by atoms with Crippen LogP contribution < -0.4 is 5.32 Å². The SMILES string of the molecule is Cc1c(Cl)cccc1NC(=O)[C@H]1CC(=O)N(C2CCCC2)C1. The minimum absolute atomic E-state index is 0.0841. The second-order valence-electron chi connectivity index (χ2n) is 6.29. The molecule has 3 rings (SSSR count). The lowest BCUT2D eigenvalue weighted by molar-refractivity contribution is -0.129. The van der Waals surface area contributed by atoms with Gasteiger partial charge in [0, 0.05) is 29.7 Å². The summed E-state index contributed by atoms with van der Waals surface area (Å²) in [4.78, 5) is 26.5. The van der Waals surface area contributed by atoms with Gasteiger partial charge in [0.15, 0.2) is 0 Å². The maximum absolute atomic E-state index is 12.5. The second kappa shape index (κ2) is 6.29. The van der Waals surface area contributed by atoms with Gasteiger partial charge < -0.3 is 10.2 Å². The van der Waals surface area contributed by atoms with Crippen LogP contribution in [0.5, 0.6) is 0 Å². The standard InChI is InChI=1S/C17H21ClN2O2/c1-11-14(18)7-4-8-15(11)19-17(22)12-9-16(21)20(10-12)13-5-2-3-6-13/h4,7-8,12-13H,2-3,5-6,9-10H2,1H3,(H,19,22)/t12-/m0/s1. The van der Waals surface area contributed by atoms with E-state index in [1.165, 1.54) is 12.8 Å². The zero-order chi connectivity index (χ0) is 15.7. The van der Waals surface area contributed by atoms with Crippen LogP contribution in [-0.4, -0.2) is 29.3 Å². The van der Waals surface area contributed by atoms with Crippen molar-refractivity contribution in [3.63, 3.8) is 0 Å². The van der Waals surface area contributed by atoms with Gasteiger partial charge >= 0.3 is 0 Å². The fraction of sp³-hybridized carbons (Fsp3) is 0.529. The Morgan fingerprint density at radius 2 is 2.05 bits per heavy atom. The van der Waals surface area contributed by atoms with Gasteiger partial charge in [0.25, 0.3) is 0 Å². The van der Waals surface area contributed by atoms with Gasteiger partial charge in [0.05, 0.1) is 5.92 Å². The van der Waals surface area contributed by atoms with E-state index in [0.717, 1.165) is 24.1 Å². The summed E-state index contributed by atoms with van der Waals surface area (Å²) in [6, 6.07) is 5.80. The first-order valence-corrected chi connectivity index (χ1v) is 8.29. The summed E-state index contributed by atoms with van der Waals surface area (Å²) in [5, 5.41) is 3.55. The molecule has 1 aromatic carbocycles. The molecule has 1 saturated carbocycles. The minimum Gasteiger partial charge on any atom is -0.339 e. The monoisotopic (exact) mass is 320 g/mol. The van der Waals surface area contributed by atoms with Crippen LogP contribution in [0.25, 0.3) is 0 Å². The lowest BCUT2D eigenvalue weighted by atomic mass is 10.1. The summed E-state index contributed by atoms with van der Waals surface area (Å²) >= 11 is 6.08. The molecular weight excluding hydrogens is 300 g/mol. The Morgan fingerprint density at radius 1 is 1.32 bits per heavy atom. The normalized spacial score (nSPS) is 22.4. The Bertz CT molecular complexity index is 596. The van der Waals surface area contributed by atoms with Crippen molar-refractivity contribution in [3.8, 4) is 0 Å². The van der Waals surface area contributed by atoms with Crippen molar-refractivity contribution in [3.05, 3.63) is 28.8 Å². The fourth-order valence-corrected chi connectivity index (χ4v) is 3.63. The highest BCUT2D eigenvalue weighted by molar-refractivity contribution is 6.31. The fourth-order valence-electron chi connectivity index (χ4n) is 3.45. The number of nitrogens with one attached hydrogen (secondary N) is 1. The Balaban J connectivity index is 1.66. The molecule has 1 atom stereocenters. The molecule has 0 radical (unpaired) electrons. The largest absolute Gasteiger partial charge is 0.339 e. The minimum atomic E-state index is -0.258. The van der Waals surface area contributed by atoms with E-state index in [1.54, 1.807) is 6.07 Å². The van der Waals surface area contributed by atoms with Crippen LogP contribution in [0.15, 0.2) is 18.2 Å². The number of benzene rings is 1. The lowest BCUT2D eigenvalue weighted by Crippen LogP contribution is -2.35. The molecule has 2 amide bonds. The van der Waals surface area contributed by atoms with Crippen molar-refractivity contribution in [2.75, 3.05) is 11.9 Å². The number of likely N-dealkylation sites (tertiary alicyclic amines) is 1. The van der Waals surface area contributed by atoms with Gasteiger partial charge in [-0.3, -0.25) is 9.59 Å². The molecule has 5 heteroatoms. The van der Waals surface area contributed by atoms with Crippen LogP contribution in [0, 0.1) is 12.8 Å². The summed E-state index contributed by atoms with van der Waals surface area (Å²) in [5.74, 6) is -0.222. The molecule has 0 bridgehead atoms. The van der Waals surface area contributed by atoms with Crippen LogP contribution in [0.3, 0.4) is 0 Å². The van der Waals surface area contributed by atoms with E-state index in [0.29, 0.717) is 24.0 Å². The molecule has 0 unspecified atom stereocenters. The zero-order valence-corrected chi connectivity index (χ0v) is 13.5. The number of carbonyl (C=O) groups is 2. The molecular formula is C17H21ClN2O2. The van der Waals surface area contributed by atoms with Gasteiger partial charge in [0.1, 0.15) is 0 Å². The molecule has 1 aliphatic carbocycles. The molecule has 2 fully saturated rings. The van der Waals surface area contributed by atoms with E-state index in [-0.39, 0.29) is 17.7 Å². The molecule has 1 N–H and O–H groups in total. The molecule has 4 nitrogen and oxygen atoms in total. The van der Waals surface area contributed by atoms with E-state index in [9.17, 15) is 9.59 Å². The Kier molecular flexibility index (Phi) is 4.39. The predicted molar refractivity (Wildman–Crippen MR) is 86.9 cm³/mol. The van der Waals surface area contributed by atoms with E-state index >= 15 is 0 Å². The van der Waals surface area contributed by atoms with Crippen molar-refractivity contribution in [1.29, 1.82) is 0 Å². The third kappa shape index (κ3) is 2.98. The lowest BCUT2D eigenvalue weighted by Gasteiger charge is -2.24. The van der Waals surface area contributed by atoms with E-state index in [1.807, 2.05) is 24.0 Å². The van der Waals surface area contributed by atoms with Gasteiger partial charge in [-0.1, -0.05) is 30.5 Å². The first-order chi connectivity index (χ1) is 10.6. The van der Waals surface area contributed by atoms with Gasteiger partial charge in [-0.2, -0.15) is 0 Å². The third-order valence-corrected chi connectivity index (χ3v) is 5.23. The quantitative estimate of drug-likeness (QED) is 0.928. The van der Waals surface area contributed by atoms with Crippen LogP contribution in [0.4, 0.5) is 5.69 Å². The highest BCUT2D eigenvalue weighted by atomic mass is 35.5. The first-order valence-electron chi connectivity index (χ1n) is 7.91. The average molecular weight is 321 g/mol. The summed E-state index contributed by atoms with van der Waals surface area (Å²) in [5.41, 5.74) is 1.58. The molecule has 1 aliphatic heterocycles. The number of anilines is 1. The van der Waals surface area contributed by atoms with E-state index in [4.69, 9.17) is 11.6 Å². The van der Waals surface area contributed by atoms with Crippen LogP contribution in [-0.2, 0) is 9.59 Å². The summed E-state index contributed by atoms with van der Waals surface area (Å²) in [6.07, 6.45) is 4.85. The zero-order valence-electron chi connectivity index (χ0n) is 12.8. The van der Waals surface area contributed by atoms with E-state index < -0.39 is 0 Å². The number of halogens is 1. The van der Waals surface area contributed by atoms with Crippen molar-refractivity contribution in [2.24, 2.45) is 5.92 Å². The maximum Gasteiger partial charge on any atom is 0.229 e. The molecule has 2 aliphatic rings. The van der Waals surface area contributed by atoms with Crippen LogP contribution in [0.1, 0.15) is 37.7 Å². The van der Waals surface area contributed by atoms with Crippen LogP contribution in [0.2, 0.25) is 5.02 Å². The number of hydrogen-bond donors (Lipinski definition) is 1. The topological polar surface area (TPSA) is 49.4 Å². The van der Waals surface area contributed by atoms with Crippen molar-refractivity contribution < 1.29 is 9.59 Å². The van der Waals surface area contributed by atoms with E-state index in [2.05, 4.69) is 5.32 Å². The molecule has 0 spiro atoms. The highest BCUT2D eigenvalue weighted by Crippen LogP contribution is 2.30. The van der Waals surface area contributed by atoms with Gasteiger partial charge in [-0.25, -0.2) is 0 Å². The number of hydrogen-bond acceptors (Lipinski definition) is 2. The Morgan fingerprint density at radius 3 is 2.77 bits per heavy atom. The molecule has 1 saturated heterocycles. The number of rotatable bonds is 3. The van der Waals surface area contributed by atoms with Crippen molar-refractivity contribution in [2.45, 2.75) is 45.1 Å². The number of amides is 2. The first kappa shape index (κ1) is 15.3. The smallest absolute Gasteiger partial charge is 0.229 e. The molecule has 1 heterocycles. The molecule has 22 heavy (non-hydrogen) atoms. The van der Waals surface area contributed by atoms with Crippen molar-refractivity contribution >= 4 is 29.1 Å². The van der Waals surface area contributed by atoms with Gasteiger partial charge in [-0.15, -0.1) is 0 Å². The number of nitrogens with zero attached hydrogens (tertiary/aromatic N) is 1. The third-order valence-electron chi connectivity index (χ3n) is 4.82. The van der Waals surface area contributed by atoms with Crippen LogP contribution >= 0.6 is 11.6 Å². The summed E-state index contributed by atoms with van der Waals surface area (Å²) in [7, 11) is 0. The Hall–Kier alpha value is -1.55. The van der Waals surface area contributed by atoms with Gasteiger partial charge in [0.2, 0.25) is 11.8 Å². The molecule has 118 valence electrons. The summed E-state index contributed by atoms with van der Waals surface area (Å²) < 4.78 is 0. The number of carbonyl (C=O) groups excluding carboxylic acids is 2. The predicted octanol–water partition coefficient (Wildman–Crippen LogP) is 3.38. The molecule has 1 aromatic rings. The van der Waals surface area contributed by atoms with Crippen molar-refractivity contribution in [1.82, 2.24) is 4.90 Å². The second-order valence-corrected chi connectivity index (χ2v) is 6.69. The molecule has 0 aromatic heterocycles. The highest BCUT2D eigenvalue weighted by Gasteiger charge is 2.38.